The zero-order valence-corrected chi connectivity index (χ0v) is 20.2. The molecule has 0 heterocycles. The zero-order valence-electron chi connectivity index (χ0n) is 20.2. The smallest absolute Gasteiger partial charge is 0.238 e. The van der Waals surface area contributed by atoms with Crippen molar-refractivity contribution in [1.29, 1.82) is 0 Å². The van der Waals surface area contributed by atoms with E-state index in [4.69, 9.17) is 4.74 Å². The molecule has 4 N–H and O–H groups in total. The van der Waals surface area contributed by atoms with Crippen LogP contribution in [-0.4, -0.2) is 38.0 Å². The number of ether oxygens (including phenoxy) is 1. The van der Waals surface area contributed by atoms with Crippen molar-refractivity contribution >= 4 is 23.2 Å². The van der Waals surface area contributed by atoms with E-state index in [2.05, 4.69) is 27.3 Å². The Morgan fingerprint density at radius 3 is 2.17 bits per heavy atom. The van der Waals surface area contributed by atoms with Gasteiger partial charge >= 0.3 is 0 Å². The first kappa shape index (κ1) is 25.9. The van der Waals surface area contributed by atoms with Gasteiger partial charge in [-0.25, -0.2) is 0 Å². The monoisotopic (exact) mass is 474 g/mol. The molecule has 35 heavy (non-hydrogen) atoms. The number of amides is 2. The maximum absolute atomic E-state index is 12.1. The number of carbonyl (C=O) groups excluding carboxylic acids is 2. The van der Waals surface area contributed by atoms with Crippen molar-refractivity contribution in [3.8, 4) is 11.5 Å². The minimum Gasteiger partial charge on any atom is -0.457 e. The lowest BCUT2D eigenvalue weighted by Gasteiger charge is -2.09. The van der Waals surface area contributed by atoms with Crippen molar-refractivity contribution in [2.24, 2.45) is 0 Å². The number of para-hydroxylation sites is 1. The highest BCUT2D eigenvalue weighted by atomic mass is 16.5. The van der Waals surface area contributed by atoms with Crippen LogP contribution in [0.5, 0.6) is 11.5 Å². The summed E-state index contributed by atoms with van der Waals surface area (Å²) in [4.78, 5) is 23.3. The van der Waals surface area contributed by atoms with E-state index < -0.39 is 0 Å². The Morgan fingerprint density at radius 2 is 1.43 bits per heavy atom. The summed E-state index contributed by atoms with van der Waals surface area (Å²) >= 11 is 0. The SMILES string of the molecule is CC(=O)Nc1cccc(CCNCCCCNCC(=O)Nc2ccc(Oc3ccccc3)cc2)c1. The molecule has 3 rings (SSSR count). The molecule has 0 aliphatic carbocycles. The molecule has 0 aliphatic heterocycles. The van der Waals surface area contributed by atoms with Crippen LogP contribution in [0.3, 0.4) is 0 Å². The fraction of sp³-hybridized carbons (Fsp3) is 0.286. The molecule has 184 valence electrons. The van der Waals surface area contributed by atoms with Crippen molar-refractivity contribution in [3.05, 3.63) is 84.4 Å². The van der Waals surface area contributed by atoms with E-state index in [9.17, 15) is 9.59 Å². The number of hydrogen-bond acceptors (Lipinski definition) is 5. The summed E-state index contributed by atoms with van der Waals surface area (Å²) in [7, 11) is 0. The second kappa shape index (κ2) is 14.6. The van der Waals surface area contributed by atoms with Gasteiger partial charge in [-0.15, -0.1) is 0 Å². The van der Waals surface area contributed by atoms with Gasteiger partial charge in [-0.2, -0.15) is 0 Å². The Balaban J connectivity index is 1.21. The standard InChI is InChI=1S/C28H34N4O3/c1-22(33)31-25-9-7-8-23(20-25)16-19-29-17-5-6-18-30-21-28(34)32-24-12-14-27(15-13-24)35-26-10-3-2-4-11-26/h2-4,7-15,20,29-30H,5-6,16-19,21H2,1H3,(H,31,33)(H,32,34). The summed E-state index contributed by atoms with van der Waals surface area (Å²) < 4.78 is 5.76. The number of carbonyl (C=O) groups is 2. The number of unbranched alkanes of at least 4 members (excludes halogenated alkanes) is 1. The number of nitrogens with one attached hydrogen (secondary N) is 4. The second-order valence-electron chi connectivity index (χ2n) is 8.25. The zero-order chi connectivity index (χ0) is 24.7. The van der Waals surface area contributed by atoms with Crippen LogP contribution < -0.4 is 26.0 Å². The van der Waals surface area contributed by atoms with Crippen molar-refractivity contribution in [2.45, 2.75) is 26.2 Å². The fourth-order valence-corrected chi connectivity index (χ4v) is 3.50. The van der Waals surface area contributed by atoms with Gasteiger partial charge in [0, 0.05) is 18.3 Å². The summed E-state index contributed by atoms with van der Waals surface area (Å²) in [6.45, 7) is 4.39. The summed E-state index contributed by atoms with van der Waals surface area (Å²) in [6, 6.07) is 24.8. The molecular weight excluding hydrogens is 440 g/mol. The average molecular weight is 475 g/mol. The van der Waals surface area contributed by atoms with Crippen LogP contribution in [-0.2, 0) is 16.0 Å². The van der Waals surface area contributed by atoms with Crippen molar-refractivity contribution in [2.75, 3.05) is 36.8 Å². The molecule has 0 aliphatic rings. The van der Waals surface area contributed by atoms with E-state index in [0.717, 1.165) is 61.8 Å². The Kier molecular flexibility index (Phi) is 10.8. The molecule has 0 bridgehead atoms. The molecule has 3 aromatic carbocycles. The van der Waals surface area contributed by atoms with Crippen LogP contribution in [0.15, 0.2) is 78.9 Å². The highest BCUT2D eigenvalue weighted by molar-refractivity contribution is 5.92. The minimum absolute atomic E-state index is 0.0605. The Hall–Kier alpha value is -3.68. The Bertz CT molecular complexity index is 1060. The largest absolute Gasteiger partial charge is 0.457 e. The first-order valence-electron chi connectivity index (χ1n) is 12.0. The van der Waals surface area contributed by atoms with E-state index in [-0.39, 0.29) is 18.4 Å². The van der Waals surface area contributed by atoms with E-state index in [0.29, 0.717) is 0 Å². The van der Waals surface area contributed by atoms with Crippen LogP contribution in [0.2, 0.25) is 0 Å². The topological polar surface area (TPSA) is 91.5 Å². The molecule has 3 aromatic rings. The molecule has 0 radical (unpaired) electrons. The molecule has 0 spiro atoms. The van der Waals surface area contributed by atoms with Crippen molar-refractivity contribution < 1.29 is 14.3 Å². The van der Waals surface area contributed by atoms with Gasteiger partial charge < -0.3 is 26.0 Å². The molecule has 0 fully saturated rings. The van der Waals surface area contributed by atoms with Gasteiger partial charge in [0.1, 0.15) is 11.5 Å². The maximum Gasteiger partial charge on any atom is 0.238 e. The van der Waals surface area contributed by atoms with Crippen LogP contribution in [0.4, 0.5) is 11.4 Å². The highest BCUT2D eigenvalue weighted by Gasteiger charge is 2.03. The number of benzene rings is 3. The maximum atomic E-state index is 12.1. The average Bonchev–Trinajstić information content (AvgIpc) is 2.85. The molecule has 2 amide bonds. The van der Waals surface area contributed by atoms with Gasteiger partial charge in [-0.1, -0.05) is 30.3 Å². The van der Waals surface area contributed by atoms with Crippen LogP contribution in [0.25, 0.3) is 0 Å². The molecule has 0 saturated heterocycles. The first-order valence-corrected chi connectivity index (χ1v) is 12.0. The lowest BCUT2D eigenvalue weighted by atomic mass is 10.1. The van der Waals surface area contributed by atoms with E-state index in [1.807, 2.05) is 72.8 Å². The van der Waals surface area contributed by atoms with Gasteiger partial charge in [0.15, 0.2) is 0 Å². The quantitative estimate of drug-likeness (QED) is 0.257. The van der Waals surface area contributed by atoms with Crippen LogP contribution >= 0.6 is 0 Å². The predicted molar refractivity (Wildman–Crippen MR) is 141 cm³/mol. The molecule has 0 atom stereocenters. The number of anilines is 2. The predicted octanol–water partition coefficient (Wildman–Crippen LogP) is 4.58. The third-order valence-electron chi connectivity index (χ3n) is 5.20. The normalized spacial score (nSPS) is 10.5. The highest BCUT2D eigenvalue weighted by Crippen LogP contribution is 2.22. The Labute approximate surface area is 207 Å². The van der Waals surface area contributed by atoms with Crippen LogP contribution in [0.1, 0.15) is 25.3 Å². The molecular formula is C28H34N4O3. The van der Waals surface area contributed by atoms with E-state index in [1.165, 1.54) is 12.5 Å². The minimum atomic E-state index is -0.0682. The summed E-state index contributed by atoms with van der Waals surface area (Å²) in [6.07, 6.45) is 2.93. The lowest BCUT2D eigenvalue weighted by molar-refractivity contribution is -0.115. The van der Waals surface area contributed by atoms with Gasteiger partial charge in [0.25, 0.3) is 0 Å². The third-order valence-corrected chi connectivity index (χ3v) is 5.20. The summed E-state index contributed by atoms with van der Waals surface area (Å²) in [5.74, 6) is 1.37. The second-order valence-corrected chi connectivity index (χ2v) is 8.25. The summed E-state index contributed by atoms with van der Waals surface area (Å²) in [5.41, 5.74) is 2.76. The third kappa shape index (κ3) is 10.4. The molecule has 0 unspecified atom stereocenters. The molecule has 0 saturated carbocycles. The Morgan fingerprint density at radius 1 is 0.714 bits per heavy atom. The molecule has 7 heteroatoms. The molecule has 0 aromatic heterocycles. The van der Waals surface area contributed by atoms with Crippen molar-refractivity contribution in [1.82, 2.24) is 10.6 Å². The van der Waals surface area contributed by atoms with Gasteiger partial charge in [0.2, 0.25) is 11.8 Å². The van der Waals surface area contributed by atoms with Crippen molar-refractivity contribution in [3.63, 3.8) is 0 Å². The number of hydrogen-bond donors (Lipinski definition) is 4. The molecule has 7 nitrogen and oxygen atoms in total. The van der Waals surface area contributed by atoms with Gasteiger partial charge in [-0.05, 0) is 93.0 Å². The number of rotatable bonds is 14. The van der Waals surface area contributed by atoms with Gasteiger partial charge in [0.05, 0.1) is 6.54 Å². The van der Waals surface area contributed by atoms with E-state index >= 15 is 0 Å². The lowest BCUT2D eigenvalue weighted by Crippen LogP contribution is -2.29. The first-order chi connectivity index (χ1) is 17.1. The van der Waals surface area contributed by atoms with E-state index in [1.54, 1.807) is 0 Å². The fourth-order valence-electron chi connectivity index (χ4n) is 3.50. The summed E-state index contributed by atoms with van der Waals surface area (Å²) in [5, 5.41) is 12.3. The van der Waals surface area contributed by atoms with Crippen LogP contribution in [0, 0.1) is 0 Å². The van der Waals surface area contributed by atoms with Gasteiger partial charge in [-0.3, -0.25) is 9.59 Å².